The standard InChI is InChI=1S/C16H16BrFN6OS/c1-10-19-14(25-22-10)9-23-4-6-24(7-5-23)16-21-20-15(26-16)12-8-11(17)2-3-13(12)18/h2-3,8H,4-7,9H2,1H3. The summed E-state index contributed by atoms with van der Waals surface area (Å²) in [6, 6.07) is 4.83. The Morgan fingerprint density at radius 1 is 1.23 bits per heavy atom. The van der Waals surface area contributed by atoms with E-state index in [1.807, 2.05) is 6.92 Å². The second-order valence-corrected chi connectivity index (χ2v) is 7.88. The van der Waals surface area contributed by atoms with Crippen LogP contribution >= 0.6 is 27.3 Å². The van der Waals surface area contributed by atoms with Crippen molar-refractivity contribution in [3.63, 3.8) is 0 Å². The molecule has 0 saturated carbocycles. The number of anilines is 1. The summed E-state index contributed by atoms with van der Waals surface area (Å²) in [5, 5.41) is 13.6. The average molecular weight is 439 g/mol. The molecule has 7 nitrogen and oxygen atoms in total. The first-order valence-corrected chi connectivity index (χ1v) is 9.75. The summed E-state index contributed by atoms with van der Waals surface area (Å²) < 4.78 is 20.0. The van der Waals surface area contributed by atoms with E-state index < -0.39 is 0 Å². The molecule has 136 valence electrons. The van der Waals surface area contributed by atoms with Crippen LogP contribution in [0.3, 0.4) is 0 Å². The molecular weight excluding hydrogens is 423 g/mol. The quantitative estimate of drug-likeness (QED) is 0.619. The van der Waals surface area contributed by atoms with E-state index in [4.69, 9.17) is 4.52 Å². The van der Waals surface area contributed by atoms with Crippen molar-refractivity contribution in [3.8, 4) is 10.6 Å². The molecule has 0 amide bonds. The predicted molar refractivity (Wildman–Crippen MR) is 99.5 cm³/mol. The fourth-order valence-electron chi connectivity index (χ4n) is 2.81. The molecule has 0 spiro atoms. The largest absolute Gasteiger partial charge is 0.344 e. The first-order chi connectivity index (χ1) is 12.6. The number of rotatable bonds is 4. The van der Waals surface area contributed by atoms with E-state index in [0.29, 0.717) is 28.8 Å². The van der Waals surface area contributed by atoms with Gasteiger partial charge in [0, 0.05) is 36.2 Å². The van der Waals surface area contributed by atoms with Crippen molar-refractivity contribution in [2.24, 2.45) is 0 Å². The van der Waals surface area contributed by atoms with Gasteiger partial charge in [0.2, 0.25) is 11.0 Å². The Morgan fingerprint density at radius 3 is 2.77 bits per heavy atom. The lowest BCUT2D eigenvalue weighted by molar-refractivity contribution is 0.215. The van der Waals surface area contributed by atoms with Gasteiger partial charge in [-0.05, 0) is 25.1 Å². The lowest BCUT2D eigenvalue weighted by Gasteiger charge is -2.33. The van der Waals surface area contributed by atoms with Gasteiger partial charge in [0.05, 0.1) is 6.54 Å². The molecule has 3 aromatic rings. The topological polar surface area (TPSA) is 71.2 Å². The lowest BCUT2D eigenvalue weighted by atomic mass is 10.2. The van der Waals surface area contributed by atoms with E-state index in [2.05, 4.69) is 46.1 Å². The average Bonchev–Trinajstić information content (AvgIpc) is 3.27. The second kappa shape index (κ2) is 7.37. The molecule has 1 aromatic carbocycles. The van der Waals surface area contributed by atoms with Crippen LogP contribution in [0.15, 0.2) is 27.2 Å². The number of hydrogen-bond acceptors (Lipinski definition) is 8. The highest BCUT2D eigenvalue weighted by molar-refractivity contribution is 9.10. The molecular formula is C16H16BrFN6OS. The van der Waals surface area contributed by atoms with Gasteiger partial charge in [0.15, 0.2) is 10.8 Å². The summed E-state index contributed by atoms with van der Waals surface area (Å²) >= 11 is 4.78. The number of benzene rings is 1. The van der Waals surface area contributed by atoms with Gasteiger partial charge in [0.25, 0.3) is 0 Å². The molecule has 10 heteroatoms. The van der Waals surface area contributed by atoms with Crippen LogP contribution in [0.5, 0.6) is 0 Å². The van der Waals surface area contributed by atoms with Crippen LogP contribution in [0, 0.1) is 12.7 Å². The van der Waals surface area contributed by atoms with E-state index in [-0.39, 0.29) is 5.82 Å². The molecule has 1 fully saturated rings. The van der Waals surface area contributed by atoms with E-state index in [0.717, 1.165) is 35.8 Å². The highest BCUT2D eigenvalue weighted by atomic mass is 79.9. The molecule has 3 heterocycles. The van der Waals surface area contributed by atoms with Gasteiger partial charge >= 0.3 is 0 Å². The van der Waals surface area contributed by atoms with Crippen LogP contribution in [0.2, 0.25) is 0 Å². The third kappa shape index (κ3) is 3.76. The third-order valence-electron chi connectivity index (χ3n) is 4.14. The van der Waals surface area contributed by atoms with Gasteiger partial charge in [0.1, 0.15) is 5.82 Å². The molecule has 1 aliphatic rings. The van der Waals surface area contributed by atoms with E-state index >= 15 is 0 Å². The molecule has 1 aliphatic heterocycles. The smallest absolute Gasteiger partial charge is 0.240 e. The first kappa shape index (κ1) is 17.5. The van der Waals surface area contributed by atoms with E-state index in [1.54, 1.807) is 12.1 Å². The summed E-state index contributed by atoms with van der Waals surface area (Å²) in [6.07, 6.45) is 0. The number of aromatic nitrogens is 4. The van der Waals surface area contributed by atoms with Crippen LogP contribution in [0.25, 0.3) is 10.6 Å². The van der Waals surface area contributed by atoms with E-state index in [9.17, 15) is 4.39 Å². The fourth-order valence-corrected chi connectivity index (χ4v) is 4.08. The van der Waals surface area contributed by atoms with E-state index in [1.165, 1.54) is 17.4 Å². The molecule has 0 N–H and O–H groups in total. The van der Waals surface area contributed by atoms with Crippen molar-refractivity contribution in [1.29, 1.82) is 0 Å². The summed E-state index contributed by atoms with van der Waals surface area (Å²) in [5.74, 6) is 0.995. The van der Waals surface area contributed by atoms with Gasteiger partial charge in [-0.15, -0.1) is 10.2 Å². The monoisotopic (exact) mass is 438 g/mol. The Kier molecular flexibility index (Phi) is 4.96. The van der Waals surface area contributed by atoms with Crippen LogP contribution in [-0.4, -0.2) is 51.4 Å². The lowest BCUT2D eigenvalue weighted by Crippen LogP contribution is -2.46. The van der Waals surface area contributed by atoms with Gasteiger partial charge in [-0.1, -0.05) is 32.4 Å². The maximum Gasteiger partial charge on any atom is 0.240 e. The van der Waals surface area contributed by atoms with Crippen LogP contribution in [0.1, 0.15) is 11.7 Å². The second-order valence-electron chi connectivity index (χ2n) is 6.01. The maximum absolute atomic E-state index is 14.0. The summed E-state index contributed by atoms with van der Waals surface area (Å²) in [6.45, 7) is 5.83. The molecule has 0 bridgehead atoms. The van der Waals surface area contributed by atoms with Gasteiger partial charge in [-0.25, -0.2) is 4.39 Å². The SMILES string of the molecule is Cc1noc(CN2CCN(c3nnc(-c4cc(Br)ccc4F)s3)CC2)n1. The van der Waals surface area contributed by atoms with Crippen molar-refractivity contribution < 1.29 is 8.91 Å². The zero-order valence-corrected chi connectivity index (χ0v) is 16.4. The molecule has 26 heavy (non-hydrogen) atoms. The number of piperazine rings is 1. The van der Waals surface area contributed by atoms with Crippen molar-refractivity contribution >= 4 is 32.4 Å². The minimum atomic E-state index is -0.296. The molecule has 0 atom stereocenters. The van der Waals surface area contributed by atoms with Crippen LogP contribution in [-0.2, 0) is 6.54 Å². The summed E-state index contributed by atoms with van der Waals surface area (Å²) in [5.41, 5.74) is 0.466. The van der Waals surface area contributed by atoms with Crippen LogP contribution in [0.4, 0.5) is 9.52 Å². The zero-order valence-electron chi connectivity index (χ0n) is 14.0. The van der Waals surface area contributed by atoms with Gasteiger partial charge < -0.3 is 9.42 Å². The predicted octanol–water partition coefficient (Wildman–Crippen LogP) is 3.12. The Balaban J connectivity index is 1.40. The highest BCUT2D eigenvalue weighted by Gasteiger charge is 2.22. The number of hydrogen-bond donors (Lipinski definition) is 0. The Labute approximate surface area is 162 Å². The molecule has 0 radical (unpaired) electrons. The van der Waals surface area contributed by atoms with Gasteiger partial charge in [-0.2, -0.15) is 4.98 Å². The minimum Gasteiger partial charge on any atom is -0.344 e. The Bertz CT molecular complexity index is 908. The maximum atomic E-state index is 14.0. The van der Waals surface area contributed by atoms with Crippen molar-refractivity contribution in [1.82, 2.24) is 25.2 Å². The fraction of sp³-hybridized carbons (Fsp3) is 0.375. The Hall–Kier alpha value is -1.91. The normalized spacial score (nSPS) is 15.6. The van der Waals surface area contributed by atoms with Gasteiger partial charge in [-0.3, -0.25) is 4.90 Å². The number of aryl methyl sites for hydroxylation is 1. The number of nitrogens with zero attached hydrogens (tertiary/aromatic N) is 6. The summed E-state index contributed by atoms with van der Waals surface area (Å²) in [7, 11) is 0. The molecule has 1 saturated heterocycles. The number of halogens is 2. The molecule has 0 unspecified atom stereocenters. The van der Waals surface area contributed by atoms with Crippen molar-refractivity contribution in [3.05, 3.63) is 40.2 Å². The van der Waals surface area contributed by atoms with Crippen molar-refractivity contribution in [2.75, 3.05) is 31.1 Å². The first-order valence-electron chi connectivity index (χ1n) is 8.14. The van der Waals surface area contributed by atoms with Crippen molar-refractivity contribution in [2.45, 2.75) is 13.5 Å². The summed E-state index contributed by atoms with van der Waals surface area (Å²) in [4.78, 5) is 8.68. The van der Waals surface area contributed by atoms with Crippen LogP contribution < -0.4 is 4.90 Å². The zero-order chi connectivity index (χ0) is 18.1. The highest BCUT2D eigenvalue weighted by Crippen LogP contribution is 2.32. The minimum absolute atomic E-state index is 0.296. The third-order valence-corrected chi connectivity index (χ3v) is 5.66. The Morgan fingerprint density at radius 2 is 2.04 bits per heavy atom. The molecule has 2 aromatic heterocycles. The molecule has 4 rings (SSSR count). The molecule has 0 aliphatic carbocycles.